The van der Waals surface area contributed by atoms with E-state index in [1.165, 1.54) is 19.2 Å². The Balaban J connectivity index is 2.07. The Hall–Kier alpha value is -2.60. The predicted octanol–water partition coefficient (Wildman–Crippen LogP) is 2.96. The lowest BCUT2D eigenvalue weighted by Crippen LogP contribution is -2.29. The number of hydrogen-bond donors (Lipinski definition) is 1. The van der Waals surface area contributed by atoms with E-state index in [9.17, 15) is 9.18 Å². The van der Waals surface area contributed by atoms with Gasteiger partial charge in [-0.3, -0.25) is 4.79 Å². The number of ether oxygens (including phenoxy) is 3. The number of nitrogens with one attached hydrogen (secondary N) is 1. The van der Waals surface area contributed by atoms with E-state index in [4.69, 9.17) is 14.2 Å². The van der Waals surface area contributed by atoms with E-state index in [2.05, 4.69) is 5.32 Å². The Morgan fingerprint density at radius 2 is 1.79 bits per heavy atom. The second-order valence-corrected chi connectivity index (χ2v) is 5.03. The average Bonchev–Trinajstić information content (AvgIpc) is 2.62. The first-order chi connectivity index (χ1) is 11.6. The summed E-state index contributed by atoms with van der Waals surface area (Å²) < 4.78 is 29.3. The number of halogens is 1. The lowest BCUT2D eigenvalue weighted by Gasteiger charge is -2.19. The monoisotopic (exact) mass is 333 g/mol. The van der Waals surface area contributed by atoms with Crippen molar-refractivity contribution in [2.24, 2.45) is 0 Å². The van der Waals surface area contributed by atoms with Crippen molar-refractivity contribution in [3.8, 4) is 11.5 Å². The summed E-state index contributed by atoms with van der Waals surface area (Å²) >= 11 is 0. The quantitative estimate of drug-likeness (QED) is 0.846. The minimum absolute atomic E-state index is 0.0929. The number of rotatable bonds is 7. The van der Waals surface area contributed by atoms with Crippen LogP contribution in [0.15, 0.2) is 42.5 Å². The van der Waals surface area contributed by atoms with Crippen LogP contribution in [0.5, 0.6) is 11.5 Å². The molecule has 6 heteroatoms. The molecule has 5 nitrogen and oxygen atoms in total. The second-order valence-electron chi connectivity index (χ2n) is 5.03. The summed E-state index contributed by atoms with van der Waals surface area (Å²) in [6.45, 7) is 0.226. The minimum atomic E-state index is -0.585. The molecule has 0 aliphatic heterocycles. The van der Waals surface area contributed by atoms with E-state index in [1.54, 1.807) is 14.2 Å². The highest BCUT2D eigenvalue weighted by molar-refractivity contribution is 5.94. The Labute approximate surface area is 140 Å². The van der Waals surface area contributed by atoms with Crippen LogP contribution in [0.4, 0.5) is 4.39 Å². The molecule has 1 atom stereocenters. The van der Waals surface area contributed by atoms with Crippen LogP contribution in [0.1, 0.15) is 22.0 Å². The van der Waals surface area contributed by atoms with Crippen molar-refractivity contribution in [3.05, 3.63) is 59.4 Å². The number of amides is 1. The molecule has 0 saturated carbocycles. The van der Waals surface area contributed by atoms with Crippen LogP contribution in [0.2, 0.25) is 0 Å². The first kappa shape index (κ1) is 17.7. The fourth-order valence-corrected chi connectivity index (χ4v) is 2.35. The largest absolute Gasteiger partial charge is 0.496 e. The summed E-state index contributed by atoms with van der Waals surface area (Å²) in [5.41, 5.74) is 1.03. The maximum Gasteiger partial charge on any atom is 0.251 e. The van der Waals surface area contributed by atoms with Gasteiger partial charge in [0.25, 0.3) is 5.91 Å². The molecule has 0 spiro atoms. The molecule has 0 bridgehead atoms. The van der Waals surface area contributed by atoms with Gasteiger partial charge >= 0.3 is 0 Å². The van der Waals surface area contributed by atoms with Crippen LogP contribution in [-0.2, 0) is 4.74 Å². The first-order valence-corrected chi connectivity index (χ1v) is 7.38. The smallest absolute Gasteiger partial charge is 0.251 e. The van der Waals surface area contributed by atoms with E-state index in [0.29, 0.717) is 5.75 Å². The Kier molecular flexibility index (Phi) is 6.14. The summed E-state index contributed by atoms with van der Waals surface area (Å²) in [5.74, 6) is -0.212. The highest BCUT2D eigenvalue weighted by Crippen LogP contribution is 2.26. The van der Waals surface area contributed by atoms with Gasteiger partial charge in [-0.25, -0.2) is 4.39 Å². The molecule has 0 aliphatic rings. The van der Waals surface area contributed by atoms with Gasteiger partial charge in [0.15, 0.2) is 11.6 Å². The number of hydrogen-bond acceptors (Lipinski definition) is 4. The normalized spacial score (nSPS) is 11.7. The number of methoxy groups -OCH3 is 3. The summed E-state index contributed by atoms with van der Waals surface area (Å²) in [6, 6.07) is 11.5. The highest BCUT2D eigenvalue weighted by Gasteiger charge is 2.17. The molecule has 0 heterocycles. The maximum atomic E-state index is 13.7. The third-order valence-electron chi connectivity index (χ3n) is 3.63. The van der Waals surface area contributed by atoms with Crippen molar-refractivity contribution in [1.29, 1.82) is 0 Å². The lowest BCUT2D eigenvalue weighted by molar-refractivity contribution is 0.0819. The van der Waals surface area contributed by atoms with Gasteiger partial charge in [0.1, 0.15) is 11.9 Å². The summed E-state index contributed by atoms with van der Waals surface area (Å²) in [6.07, 6.45) is -0.381. The molecule has 1 amide bonds. The van der Waals surface area contributed by atoms with E-state index in [0.717, 1.165) is 11.6 Å². The lowest BCUT2D eigenvalue weighted by atomic mass is 10.1. The fourth-order valence-electron chi connectivity index (χ4n) is 2.35. The van der Waals surface area contributed by atoms with Crippen LogP contribution in [0, 0.1) is 5.82 Å². The molecular formula is C18H20FNO4. The van der Waals surface area contributed by atoms with E-state index < -0.39 is 11.7 Å². The van der Waals surface area contributed by atoms with Crippen LogP contribution in [-0.4, -0.2) is 33.8 Å². The van der Waals surface area contributed by atoms with Gasteiger partial charge in [0.2, 0.25) is 0 Å². The molecule has 0 aromatic heterocycles. The molecule has 0 aliphatic carbocycles. The number of para-hydroxylation sites is 1. The van der Waals surface area contributed by atoms with Gasteiger partial charge in [-0.2, -0.15) is 0 Å². The van der Waals surface area contributed by atoms with Crippen molar-refractivity contribution in [3.63, 3.8) is 0 Å². The van der Waals surface area contributed by atoms with Crippen molar-refractivity contribution < 1.29 is 23.4 Å². The highest BCUT2D eigenvalue weighted by atomic mass is 19.1. The van der Waals surface area contributed by atoms with E-state index in [1.807, 2.05) is 24.3 Å². The van der Waals surface area contributed by atoms with Crippen molar-refractivity contribution in [1.82, 2.24) is 5.32 Å². The van der Waals surface area contributed by atoms with Gasteiger partial charge in [-0.15, -0.1) is 0 Å². The van der Waals surface area contributed by atoms with Gasteiger partial charge in [0.05, 0.1) is 14.2 Å². The van der Waals surface area contributed by atoms with Crippen LogP contribution < -0.4 is 14.8 Å². The van der Waals surface area contributed by atoms with Gasteiger partial charge in [-0.05, 0) is 24.3 Å². The minimum Gasteiger partial charge on any atom is -0.496 e. The van der Waals surface area contributed by atoms with Crippen molar-refractivity contribution in [2.75, 3.05) is 27.9 Å². The van der Waals surface area contributed by atoms with E-state index in [-0.39, 0.29) is 24.0 Å². The molecule has 2 rings (SSSR count). The topological polar surface area (TPSA) is 56.8 Å². The number of carbonyl (C=O) groups is 1. The molecule has 0 radical (unpaired) electrons. The SMILES string of the molecule is COc1ccc(C(=O)NCC(OC)c2ccccc2OC)cc1F. The van der Waals surface area contributed by atoms with Gasteiger partial charge in [0, 0.05) is 24.8 Å². The molecule has 2 aromatic carbocycles. The average molecular weight is 333 g/mol. The Bertz CT molecular complexity index is 705. The maximum absolute atomic E-state index is 13.7. The fraction of sp³-hybridized carbons (Fsp3) is 0.278. The van der Waals surface area contributed by atoms with E-state index >= 15 is 0 Å². The predicted molar refractivity (Wildman–Crippen MR) is 88.0 cm³/mol. The molecule has 1 N–H and O–H groups in total. The zero-order chi connectivity index (χ0) is 17.5. The Morgan fingerprint density at radius 3 is 2.42 bits per heavy atom. The van der Waals surface area contributed by atoms with Crippen LogP contribution in [0.25, 0.3) is 0 Å². The number of carbonyl (C=O) groups excluding carboxylic acids is 1. The molecule has 24 heavy (non-hydrogen) atoms. The van der Waals surface area contributed by atoms with Crippen LogP contribution >= 0.6 is 0 Å². The molecule has 1 unspecified atom stereocenters. The summed E-state index contributed by atoms with van der Waals surface area (Å²) in [5, 5.41) is 2.74. The zero-order valence-electron chi connectivity index (χ0n) is 13.8. The summed E-state index contributed by atoms with van der Waals surface area (Å²) in [4.78, 5) is 12.2. The zero-order valence-corrected chi connectivity index (χ0v) is 13.8. The summed E-state index contributed by atoms with van der Waals surface area (Å²) in [7, 11) is 4.50. The van der Waals surface area contributed by atoms with Crippen molar-refractivity contribution in [2.45, 2.75) is 6.10 Å². The van der Waals surface area contributed by atoms with Gasteiger partial charge in [-0.1, -0.05) is 18.2 Å². The molecule has 0 fully saturated rings. The standard InChI is InChI=1S/C18H20FNO4/c1-22-15-7-5-4-6-13(15)17(24-3)11-20-18(21)12-8-9-16(23-2)14(19)10-12/h4-10,17H,11H2,1-3H3,(H,20,21). The van der Waals surface area contributed by atoms with Crippen molar-refractivity contribution >= 4 is 5.91 Å². The molecule has 2 aromatic rings. The second kappa shape index (κ2) is 8.31. The third-order valence-corrected chi connectivity index (χ3v) is 3.63. The molecule has 128 valence electrons. The molecular weight excluding hydrogens is 313 g/mol. The van der Waals surface area contributed by atoms with Crippen LogP contribution in [0.3, 0.4) is 0 Å². The first-order valence-electron chi connectivity index (χ1n) is 7.38. The van der Waals surface area contributed by atoms with Gasteiger partial charge < -0.3 is 19.5 Å². The Morgan fingerprint density at radius 1 is 1.08 bits per heavy atom. The molecule has 0 saturated heterocycles. The third kappa shape index (κ3) is 4.02. The number of benzene rings is 2.